The average Bonchev–Trinajstić information content (AvgIpc) is 2.38. The minimum atomic E-state index is -3.81. The zero-order valence-corrected chi connectivity index (χ0v) is 13.7. The molecule has 0 saturated heterocycles. The van der Waals surface area contributed by atoms with Crippen LogP contribution in [0.4, 0.5) is 14.9 Å². The molecule has 9 heteroatoms. The number of nitrogens with one attached hydrogen (secondary N) is 1. The summed E-state index contributed by atoms with van der Waals surface area (Å²) >= 11 is 0. The molecule has 2 rings (SSSR count). The topological polar surface area (TPSA) is 122 Å². The Morgan fingerprint density at radius 1 is 1.39 bits per heavy atom. The third kappa shape index (κ3) is 2.88. The maximum atomic E-state index is 14.2. The quantitative estimate of drug-likeness (QED) is 0.667. The number of amidine groups is 1. The molecular weight excluding hydrogens is 325 g/mol. The van der Waals surface area contributed by atoms with Gasteiger partial charge in [-0.2, -0.15) is 0 Å². The summed E-state index contributed by atoms with van der Waals surface area (Å²) in [6.45, 7) is 4.14. The van der Waals surface area contributed by atoms with E-state index in [4.69, 9.17) is 10.8 Å². The molecule has 1 unspecified atom stereocenters. The number of nitrogen functional groups attached to an aromatic ring is 1. The number of anilines is 1. The lowest BCUT2D eigenvalue weighted by Gasteiger charge is -2.39. The monoisotopic (exact) mass is 343 g/mol. The summed E-state index contributed by atoms with van der Waals surface area (Å²) in [5.74, 6) is -1.37. The number of hydrogen-bond donors (Lipinski definition) is 3. The third-order valence-electron chi connectivity index (χ3n) is 3.97. The zero-order chi connectivity index (χ0) is 17.6. The van der Waals surface area contributed by atoms with E-state index in [0.717, 1.165) is 6.07 Å². The number of aliphatic imine (C=N–C) groups is 1. The van der Waals surface area contributed by atoms with E-state index in [1.54, 1.807) is 0 Å². The maximum Gasteiger partial charge on any atom is 0.410 e. The number of carbonyl (C=O) groups is 1. The second kappa shape index (κ2) is 5.19. The number of halogens is 1. The van der Waals surface area contributed by atoms with E-state index in [9.17, 15) is 17.6 Å². The molecule has 126 valence electrons. The van der Waals surface area contributed by atoms with Crippen LogP contribution < -0.4 is 11.1 Å². The summed E-state index contributed by atoms with van der Waals surface area (Å²) < 4.78 is 37.9. The van der Waals surface area contributed by atoms with Crippen LogP contribution >= 0.6 is 0 Å². The van der Waals surface area contributed by atoms with Gasteiger partial charge in [-0.05, 0) is 39.0 Å². The number of nitrogens with two attached hydrogens (primary N) is 1. The standard InChI is InChI=1S/C14H18FN3O4S/c1-13(2)11(17-12(19)20)18-14(3,7-23(13,21)22)9-6-8(16)4-5-10(9)15/h4-6H,7,16H2,1-3H3,(H,17,18)(H,19,20). The van der Waals surface area contributed by atoms with E-state index >= 15 is 0 Å². The normalized spacial score (nSPS) is 25.5. The molecule has 7 nitrogen and oxygen atoms in total. The number of rotatable bonds is 1. The summed E-state index contributed by atoms with van der Waals surface area (Å²) in [6, 6.07) is 3.79. The zero-order valence-electron chi connectivity index (χ0n) is 12.9. The Morgan fingerprint density at radius 3 is 2.57 bits per heavy atom. The highest BCUT2D eigenvalue weighted by atomic mass is 32.2. The summed E-state index contributed by atoms with van der Waals surface area (Å²) in [4.78, 5) is 15.2. The van der Waals surface area contributed by atoms with Gasteiger partial charge < -0.3 is 10.8 Å². The molecule has 0 aromatic heterocycles. The molecule has 1 aromatic rings. The van der Waals surface area contributed by atoms with Crippen molar-refractivity contribution in [1.82, 2.24) is 5.32 Å². The Labute approximate surface area is 133 Å². The first-order chi connectivity index (χ1) is 10.4. The molecule has 0 spiro atoms. The largest absolute Gasteiger partial charge is 0.465 e. The predicted octanol–water partition coefficient (Wildman–Crippen LogP) is 1.50. The van der Waals surface area contributed by atoms with E-state index in [-0.39, 0.29) is 17.1 Å². The van der Waals surface area contributed by atoms with Crippen molar-refractivity contribution >= 4 is 27.5 Å². The molecule has 1 aliphatic rings. The van der Waals surface area contributed by atoms with Gasteiger partial charge in [-0.15, -0.1) is 0 Å². The van der Waals surface area contributed by atoms with Crippen LogP contribution in [0.25, 0.3) is 0 Å². The number of sulfone groups is 1. The molecule has 1 aliphatic heterocycles. The summed E-state index contributed by atoms with van der Waals surface area (Å²) in [6.07, 6.45) is -1.44. The first-order valence-corrected chi connectivity index (χ1v) is 8.42. The number of amides is 1. The van der Waals surface area contributed by atoms with Crippen LogP contribution in [0.3, 0.4) is 0 Å². The van der Waals surface area contributed by atoms with Gasteiger partial charge in [-0.25, -0.2) is 17.6 Å². The lowest BCUT2D eigenvalue weighted by molar-refractivity contribution is 0.199. The SMILES string of the molecule is CC1(c2cc(N)ccc2F)CS(=O)(=O)C(C)(C)C(NC(=O)O)=N1. The van der Waals surface area contributed by atoms with E-state index in [1.807, 2.05) is 5.32 Å². The van der Waals surface area contributed by atoms with Crippen molar-refractivity contribution in [3.8, 4) is 0 Å². The van der Waals surface area contributed by atoms with Gasteiger partial charge >= 0.3 is 6.09 Å². The van der Waals surface area contributed by atoms with Gasteiger partial charge in [0.05, 0.1) is 5.75 Å². The summed E-state index contributed by atoms with van der Waals surface area (Å²) in [5, 5.41) is 10.9. The van der Waals surface area contributed by atoms with E-state index in [0.29, 0.717) is 0 Å². The molecule has 1 atom stereocenters. The van der Waals surface area contributed by atoms with Crippen molar-refractivity contribution in [3.63, 3.8) is 0 Å². The van der Waals surface area contributed by atoms with E-state index in [2.05, 4.69) is 4.99 Å². The van der Waals surface area contributed by atoms with Crippen molar-refractivity contribution in [2.24, 2.45) is 4.99 Å². The Kier molecular flexibility index (Phi) is 3.88. The van der Waals surface area contributed by atoms with Crippen LogP contribution in [0.2, 0.25) is 0 Å². The highest BCUT2D eigenvalue weighted by Gasteiger charge is 2.50. The van der Waals surface area contributed by atoms with Gasteiger partial charge in [0.1, 0.15) is 21.9 Å². The lowest BCUT2D eigenvalue weighted by atomic mass is 9.92. The molecule has 0 radical (unpaired) electrons. The fourth-order valence-corrected chi connectivity index (χ4v) is 4.20. The minimum Gasteiger partial charge on any atom is -0.465 e. The van der Waals surface area contributed by atoms with Gasteiger partial charge in [-0.3, -0.25) is 10.3 Å². The van der Waals surface area contributed by atoms with Crippen LogP contribution in [-0.2, 0) is 15.4 Å². The van der Waals surface area contributed by atoms with Crippen molar-refractivity contribution in [3.05, 3.63) is 29.6 Å². The van der Waals surface area contributed by atoms with Crippen molar-refractivity contribution in [2.75, 3.05) is 11.5 Å². The van der Waals surface area contributed by atoms with E-state index < -0.39 is 37.8 Å². The van der Waals surface area contributed by atoms with Gasteiger partial charge in [0.15, 0.2) is 9.84 Å². The molecular formula is C14H18FN3O4S. The fraction of sp³-hybridized carbons (Fsp3) is 0.429. The number of carboxylic acid groups (broad SMARTS) is 1. The summed E-state index contributed by atoms with van der Waals surface area (Å²) in [5.41, 5.74) is 4.43. The Bertz CT molecular complexity index is 804. The highest BCUT2D eigenvalue weighted by molar-refractivity contribution is 7.93. The van der Waals surface area contributed by atoms with Gasteiger partial charge in [-0.1, -0.05) is 0 Å². The van der Waals surface area contributed by atoms with Gasteiger partial charge in [0.2, 0.25) is 0 Å². The van der Waals surface area contributed by atoms with Gasteiger partial charge in [0, 0.05) is 11.3 Å². The van der Waals surface area contributed by atoms with Crippen molar-refractivity contribution in [2.45, 2.75) is 31.1 Å². The molecule has 1 aromatic carbocycles. The Morgan fingerprint density at radius 2 is 2.00 bits per heavy atom. The van der Waals surface area contributed by atoms with Crippen LogP contribution in [0.15, 0.2) is 23.2 Å². The molecule has 0 bridgehead atoms. The van der Waals surface area contributed by atoms with Gasteiger partial charge in [0.25, 0.3) is 0 Å². The second-order valence-corrected chi connectivity index (χ2v) is 8.71. The van der Waals surface area contributed by atoms with E-state index in [1.165, 1.54) is 32.9 Å². The molecule has 0 fully saturated rings. The molecule has 0 aliphatic carbocycles. The highest BCUT2D eigenvalue weighted by Crippen LogP contribution is 2.38. The number of benzene rings is 1. The molecule has 1 heterocycles. The molecule has 0 saturated carbocycles. The Hall–Kier alpha value is -2.16. The van der Waals surface area contributed by atoms with Crippen LogP contribution in [0.1, 0.15) is 26.3 Å². The average molecular weight is 343 g/mol. The van der Waals surface area contributed by atoms with Crippen LogP contribution in [0, 0.1) is 5.82 Å². The first kappa shape index (κ1) is 17.2. The van der Waals surface area contributed by atoms with Crippen molar-refractivity contribution in [1.29, 1.82) is 0 Å². The van der Waals surface area contributed by atoms with Crippen molar-refractivity contribution < 1.29 is 22.7 Å². The molecule has 4 N–H and O–H groups in total. The smallest absolute Gasteiger partial charge is 0.410 e. The Balaban J connectivity index is 2.71. The fourth-order valence-electron chi connectivity index (χ4n) is 2.48. The minimum absolute atomic E-state index is 0.00117. The lowest BCUT2D eigenvalue weighted by Crippen LogP contribution is -2.57. The second-order valence-electron chi connectivity index (χ2n) is 6.17. The molecule has 1 amide bonds. The first-order valence-electron chi connectivity index (χ1n) is 6.77. The third-order valence-corrected chi connectivity index (χ3v) is 6.66. The summed E-state index contributed by atoms with van der Waals surface area (Å²) in [7, 11) is -3.81. The number of nitrogens with zero attached hydrogens (tertiary/aromatic N) is 1. The predicted molar refractivity (Wildman–Crippen MR) is 84.6 cm³/mol. The molecule has 23 heavy (non-hydrogen) atoms. The maximum absolute atomic E-state index is 14.2. The van der Waals surface area contributed by atoms with Crippen LogP contribution in [-0.4, -0.2) is 36.0 Å². The number of hydrogen-bond acceptors (Lipinski definition) is 5. The van der Waals surface area contributed by atoms with Crippen LogP contribution in [0.5, 0.6) is 0 Å².